The molecule has 3 aromatic rings. The van der Waals surface area contributed by atoms with E-state index in [9.17, 15) is 5.26 Å². The van der Waals surface area contributed by atoms with Crippen LogP contribution in [0.4, 0.5) is 0 Å². The van der Waals surface area contributed by atoms with Gasteiger partial charge in [0, 0.05) is 10.6 Å². The van der Waals surface area contributed by atoms with Gasteiger partial charge in [0.15, 0.2) is 0 Å². The van der Waals surface area contributed by atoms with E-state index < -0.39 is 0 Å². The van der Waals surface area contributed by atoms with Crippen molar-refractivity contribution in [3.63, 3.8) is 0 Å². The minimum Gasteiger partial charge on any atom is -0.496 e. The van der Waals surface area contributed by atoms with Gasteiger partial charge in [-0.05, 0) is 48.9 Å². The molecular weight excluding hydrogens is 310 g/mol. The number of hydrogen-bond acceptors (Lipinski definition) is 3. The number of aromatic amines is 1. The van der Waals surface area contributed by atoms with Gasteiger partial charge in [0.25, 0.3) is 0 Å². The monoisotopic (exact) mass is 323 g/mol. The van der Waals surface area contributed by atoms with E-state index in [2.05, 4.69) is 16.0 Å². The first-order chi connectivity index (χ1) is 11.1. The molecule has 4 nitrogen and oxygen atoms in total. The van der Waals surface area contributed by atoms with E-state index in [0.717, 1.165) is 22.2 Å². The molecule has 3 rings (SSSR count). The second kappa shape index (κ2) is 6.15. The van der Waals surface area contributed by atoms with E-state index in [1.165, 1.54) is 0 Å². The average Bonchev–Trinajstić information content (AvgIpc) is 2.95. The maximum absolute atomic E-state index is 9.50. The highest BCUT2D eigenvalue weighted by atomic mass is 35.5. The highest BCUT2D eigenvalue weighted by Gasteiger charge is 2.10. The van der Waals surface area contributed by atoms with E-state index in [1.807, 2.05) is 25.1 Å². The van der Waals surface area contributed by atoms with Gasteiger partial charge >= 0.3 is 0 Å². The van der Waals surface area contributed by atoms with Gasteiger partial charge in [0.2, 0.25) is 0 Å². The first kappa shape index (κ1) is 15.1. The molecule has 0 aliphatic rings. The highest BCUT2D eigenvalue weighted by Crippen LogP contribution is 2.27. The Morgan fingerprint density at radius 1 is 1.30 bits per heavy atom. The van der Waals surface area contributed by atoms with Crippen molar-refractivity contribution in [2.45, 2.75) is 6.92 Å². The van der Waals surface area contributed by atoms with Crippen LogP contribution < -0.4 is 4.74 Å². The van der Waals surface area contributed by atoms with Crippen molar-refractivity contribution in [2.75, 3.05) is 7.11 Å². The molecule has 0 spiro atoms. The van der Waals surface area contributed by atoms with Gasteiger partial charge in [0.1, 0.15) is 17.6 Å². The molecule has 5 heteroatoms. The summed E-state index contributed by atoms with van der Waals surface area (Å²) in [5, 5.41) is 10.1. The molecule has 114 valence electrons. The first-order valence-corrected chi connectivity index (χ1v) is 7.40. The van der Waals surface area contributed by atoms with Crippen LogP contribution in [-0.2, 0) is 0 Å². The molecule has 1 heterocycles. The number of allylic oxidation sites excluding steroid dienone is 1. The molecule has 0 saturated heterocycles. The number of aromatic nitrogens is 2. The SMILES string of the molecule is COc1ccc(Cl)cc1C=C(C#N)c1nc2ccc(C)cc2[nH]1. The summed E-state index contributed by atoms with van der Waals surface area (Å²) < 4.78 is 5.31. The van der Waals surface area contributed by atoms with Gasteiger partial charge in [-0.1, -0.05) is 17.7 Å². The van der Waals surface area contributed by atoms with Gasteiger partial charge in [-0.25, -0.2) is 4.98 Å². The summed E-state index contributed by atoms with van der Waals surface area (Å²) in [5.41, 5.74) is 4.00. The Labute approximate surface area is 139 Å². The quantitative estimate of drug-likeness (QED) is 0.717. The maximum atomic E-state index is 9.50. The summed E-state index contributed by atoms with van der Waals surface area (Å²) in [5.74, 6) is 1.17. The van der Waals surface area contributed by atoms with Crippen LogP contribution in [0.2, 0.25) is 5.02 Å². The van der Waals surface area contributed by atoms with E-state index >= 15 is 0 Å². The number of nitriles is 1. The Hall–Kier alpha value is -2.77. The van der Waals surface area contributed by atoms with Crippen molar-refractivity contribution in [1.29, 1.82) is 5.26 Å². The lowest BCUT2D eigenvalue weighted by molar-refractivity contribution is 0.414. The Bertz CT molecular complexity index is 951. The number of nitrogens with one attached hydrogen (secondary N) is 1. The number of benzene rings is 2. The number of halogens is 1. The summed E-state index contributed by atoms with van der Waals surface area (Å²) in [6, 6.07) is 13.4. The van der Waals surface area contributed by atoms with Crippen molar-refractivity contribution in [1.82, 2.24) is 9.97 Å². The van der Waals surface area contributed by atoms with Crippen molar-refractivity contribution < 1.29 is 4.74 Å². The minimum absolute atomic E-state index is 0.416. The normalized spacial score (nSPS) is 11.5. The smallest absolute Gasteiger partial charge is 0.149 e. The standard InChI is InChI=1S/C18H14ClN3O/c1-11-3-5-15-16(7-11)22-18(21-15)13(10-20)8-12-9-14(19)4-6-17(12)23-2/h3-9H,1-2H3,(H,21,22). The Balaban J connectivity index is 2.11. The third kappa shape index (κ3) is 3.05. The molecule has 0 aliphatic heterocycles. The van der Waals surface area contributed by atoms with Crippen LogP contribution in [-0.4, -0.2) is 17.1 Å². The number of methoxy groups -OCH3 is 1. The lowest BCUT2D eigenvalue weighted by Gasteiger charge is -2.05. The van der Waals surface area contributed by atoms with Gasteiger partial charge < -0.3 is 9.72 Å². The summed E-state index contributed by atoms with van der Waals surface area (Å²) in [6.07, 6.45) is 1.72. The Morgan fingerprint density at radius 2 is 2.13 bits per heavy atom. The van der Waals surface area contributed by atoms with Gasteiger partial charge in [0.05, 0.1) is 23.7 Å². The van der Waals surface area contributed by atoms with Crippen LogP contribution in [0.5, 0.6) is 5.75 Å². The molecule has 23 heavy (non-hydrogen) atoms. The lowest BCUT2D eigenvalue weighted by atomic mass is 10.1. The largest absolute Gasteiger partial charge is 0.496 e. The van der Waals surface area contributed by atoms with Crippen LogP contribution in [0.25, 0.3) is 22.7 Å². The molecule has 0 fully saturated rings. The number of imidazole rings is 1. The Morgan fingerprint density at radius 3 is 2.87 bits per heavy atom. The average molecular weight is 324 g/mol. The molecule has 0 aliphatic carbocycles. The van der Waals surface area contributed by atoms with Crippen LogP contribution in [0.15, 0.2) is 36.4 Å². The third-order valence-electron chi connectivity index (χ3n) is 3.50. The summed E-state index contributed by atoms with van der Waals surface area (Å²) in [4.78, 5) is 7.66. The fraction of sp³-hybridized carbons (Fsp3) is 0.111. The fourth-order valence-electron chi connectivity index (χ4n) is 2.38. The fourth-order valence-corrected chi connectivity index (χ4v) is 2.56. The molecule has 1 N–H and O–H groups in total. The highest BCUT2D eigenvalue weighted by molar-refractivity contribution is 6.30. The van der Waals surface area contributed by atoms with E-state index in [4.69, 9.17) is 16.3 Å². The topological polar surface area (TPSA) is 61.7 Å². The van der Waals surface area contributed by atoms with Crippen LogP contribution in [0.1, 0.15) is 17.0 Å². The molecule has 0 unspecified atom stereocenters. The lowest BCUT2D eigenvalue weighted by Crippen LogP contribution is -1.89. The number of nitrogens with zero attached hydrogens (tertiary/aromatic N) is 2. The molecule has 1 aromatic heterocycles. The third-order valence-corrected chi connectivity index (χ3v) is 3.74. The van der Waals surface area contributed by atoms with Gasteiger partial charge in [-0.2, -0.15) is 5.26 Å². The second-order valence-electron chi connectivity index (χ2n) is 5.16. The number of fused-ring (bicyclic) bond motifs is 1. The maximum Gasteiger partial charge on any atom is 0.149 e. The van der Waals surface area contributed by atoms with Crippen LogP contribution >= 0.6 is 11.6 Å². The molecule has 0 amide bonds. The van der Waals surface area contributed by atoms with Crippen LogP contribution in [0, 0.1) is 18.3 Å². The second-order valence-corrected chi connectivity index (χ2v) is 5.60. The zero-order chi connectivity index (χ0) is 16.4. The molecule has 0 radical (unpaired) electrons. The van der Waals surface area contributed by atoms with Crippen molar-refractivity contribution in [3.8, 4) is 11.8 Å². The van der Waals surface area contributed by atoms with Crippen molar-refractivity contribution in [3.05, 3.63) is 58.4 Å². The molecule has 0 saturated carbocycles. The number of H-pyrrole nitrogens is 1. The van der Waals surface area contributed by atoms with Gasteiger partial charge in [-0.3, -0.25) is 0 Å². The van der Waals surface area contributed by atoms with Gasteiger partial charge in [-0.15, -0.1) is 0 Å². The van der Waals surface area contributed by atoms with E-state index in [-0.39, 0.29) is 0 Å². The predicted octanol–water partition coefficient (Wildman–Crippen LogP) is 4.60. The Kier molecular flexibility index (Phi) is 4.05. The molecule has 0 bridgehead atoms. The summed E-state index contributed by atoms with van der Waals surface area (Å²) in [6.45, 7) is 2.01. The molecule has 2 aromatic carbocycles. The van der Waals surface area contributed by atoms with Crippen LogP contribution in [0.3, 0.4) is 0 Å². The zero-order valence-corrected chi connectivity index (χ0v) is 13.5. The van der Waals surface area contributed by atoms with E-state index in [0.29, 0.717) is 22.2 Å². The number of rotatable bonds is 3. The van der Waals surface area contributed by atoms with Crippen molar-refractivity contribution in [2.24, 2.45) is 0 Å². The zero-order valence-electron chi connectivity index (χ0n) is 12.7. The summed E-state index contributed by atoms with van der Waals surface area (Å²) >= 11 is 6.04. The number of ether oxygens (including phenoxy) is 1. The number of aryl methyl sites for hydroxylation is 1. The van der Waals surface area contributed by atoms with Crippen molar-refractivity contribution >= 4 is 34.3 Å². The molecule has 0 atom stereocenters. The predicted molar refractivity (Wildman–Crippen MR) is 92.3 cm³/mol. The minimum atomic E-state index is 0.416. The molecular formula is C18H14ClN3O. The summed E-state index contributed by atoms with van der Waals surface area (Å²) in [7, 11) is 1.58. The van der Waals surface area contributed by atoms with E-state index in [1.54, 1.807) is 31.4 Å². The number of hydrogen-bond donors (Lipinski definition) is 1. The first-order valence-electron chi connectivity index (χ1n) is 7.03.